The number of carbonyl (C=O) groups is 1. The van der Waals surface area contributed by atoms with Crippen LogP contribution in [0.15, 0.2) is 48.5 Å². The predicted octanol–water partition coefficient (Wildman–Crippen LogP) is 4.21. The molecule has 0 aliphatic heterocycles. The molecule has 3 nitrogen and oxygen atoms in total. The lowest BCUT2D eigenvalue weighted by Crippen LogP contribution is -2.38. The fourth-order valence-electron chi connectivity index (χ4n) is 2.66. The van der Waals surface area contributed by atoms with Crippen molar-refractivity contribution in [2.75, 3.05) is 6.54 Å². The summed E-state index contributed by atoms with van der Waals surface area (Å²) >= 11 is 0. The van der Waals surface area contributed by atoms with Crippen molar-refractivity contribution in [3.63, 3.8) is 0 Å². The van der Waals surface area contributed by atoms with Crippen LogP contribution in [0.25, 0.3) is 0 Å². The van der Waals surface area contributed by atoms with E-state index in [1.165, 1.54) is 11.1 Å². The summed E-state index contributed by atoms with van der Waals surface area (Å²) < 4.78 is 5.83. The van der Waals surface area contributed by atoms with Gasteiger partial charge >= 0.3 is 0 Å². The van der Waals surface area contributed by atoms with E-state index in [2.05, 4.69) is 36.5 Å². The first-order valence-corrected chi connectivity index (χ1v) is 8.65. The molecule has 0 saturated carbocycles. The molecule has 0 aliphatic carbocycles. The smallest absolute Gasteiger partial charge is 0.261 e. The first-order chi connectivity index (χ1) is 11.6. The highest BCUT2D eigenvalue weighted by molar-refractivity contribution is 5.81. The van der Waals surface area contributed by atoms with Gasteiger partial charge in [0.25, 0.3) is 5.91 Å². The Labute approximate surface area is 145 Å². The highest BCUT2D eigenvalue weighted by atomic mass is 16.5. The molecular weight excluding hydrogens is 298 g/mol. The summed E-state index contributed by atoms with van der Waals surface area (Å²) in [6, 6.07) is 16.3. The van der Waals surface area contributed by atoms with Gasteiger partial charge in [-0.1, -0.05) is 48.9 Å². The molecule has 1 atom stereocenters. The standard InChI is InChI=1S/C21H27NO2/c1-4-20(24-19-12-6-9-17(3)15-19)21(23)22-13-7-11-18-10-5-8-16(2)14-18/h5-6,8-10,12,14-15,20H,4,7,11,13H2,1-3H3,(H,22,23). The molecule has 0 spiro atoms. The normalized spacial score (nSPS) is 11.8. The second-order valence-corrected chi connectivity index (χ2v) is 6.21. The van der Waals surface area contributed by atoms with Crippen LogP contribution in [-0.4, -0.2) is 18.6 Å². The topological polar surface area (TPSA) is 38.3 Å². The van der Waals surface area contributed by atoms with Crippen molar-refractivity contribution in [2.45, 2.75) is 46.1 Å². The van der Waals surface area contributed by atoms with Gasteiger partial charge in [0.2, 0.25) is 0 Å². The summed E-state index contributed by atoms with van der Waals surface area (Å²) in [6.45, 7) is 6.74. The largest absolute Gasteiger partial charge is 0.481 e. The zero-order valence-corrected chi connectivity index (χ0v) is 14.8. The van der Waals surface area contributed by atoms with Crippen molar-refractivity contribution in [2.24, 2.45) is 0 Å². The van der Waals surface area contributed by atoms with Crippen LogP contribution in [0.3, 0.4) is 0 Å². The SMILES string of the molecule is CCC(Oc1cccc(C)c1)C(=O)NCCCc1cccc(C)c1. The third-order valence-electron chi connectivity index (χ3n) is 3.96. The van der Waals surface area contributed by atoms with Crippen molar-refractivity contribution in [1.29, 1.82) is 0 Å². The van der Waals surface area contributed by atoms with Crippen LogP contribution < -0.4 is 10.1 Å². The number of nitrogens with one attached hydrogen (secondary N) is 1. The van der Waals surface area contributed by atoms with Crippen molar-refractivity contribution in [1.82, 2.24) is 5.32 Å². The van der Waals surface area contributed by atoms with Gasteiger partial charge in [0.05, 0.1) is 0 Å². The van der Waals surface area contributed by atoms with Crippen molar-refractivity contribution >= 4 is 5.91 Å². The summed E-state index contributed by atoms with van der Waals surface area (Å²) in [4.78, 5) is 12.3. The Bertz CT molecular complexity index is 666. The molecule has 1 unspecified atom stereocenters. The Balaban J connectivity index is 1.77. The lowest BCUT2D eigenvalue weighted by molar-refractivity contribution is -0.128. The lowest BCUT2D eigenvalue weighted by Gasteiger charge is -2.17. The third-order valence-corrected chi connectivity index (χ3v) is 3.96. The van der Waals surface area contributed by atoms with Crippen molar-refractivity contribution in [3.05, 3.63) is 65.2 Å². The van der Waals surface area contributed by atoms with E-state index in [9.17, 15) is 4.79 Å². The number of carbonyl (C=O) groups excluding carboxylic acids is 1. The zero-order valence-electron chi connectivity index (χ0n) is 14.8. The fourth-order valence-corrected chi connectivity index (χ4v) is 2.66. The summed E-state index contributed by atoms with van der Waals surface area (Å²) in [6.07, 6.45) is 2.11. The maximum atomic E-state index is 12.3. The second kappa shape index (κ2) is 9.11. The van der Waals surface area contributed by atoms with Crippen molar-refractivity contribution < 1.29 is 9.53 Å². The number of rotatable bonds is 8. The highest BCUT2D eigenvalue weighted by Crippen LogP contribution is 2.15. The average Bonchev–Trinajstić information content (AvgIpc) is 2.56. The van der Waals surface area contributed by atoms with Gasteiger partial charge in [-0.25, -0.2) is 0 Å². The van der Waals surface area contributed by atoms with E-state index in [1.54, 1.807) is 0 Å². The van der Waals surface area contributed by atoms with Crippen LogP contribution in [0.2, 0.25) is 0 Å². The monoisotopic (exact) mass is 325 g/mol. The molecule has 0 bridgehead atoms. The number of aryl methyl sites for hydroxylation is 3. The minimum atomic E-state index is -0.439. The maximum absolute atomic E-state index is 12.3. The van der Waals surface area contributed by atoms with Crippen LogP contribution in [0, 0.1) is 13.8 Å². The fraction of sp³-hybridized carbons (Fsp3) is 0.381. The van der Waals surface area contributed by atoms with Gasteiger partial charge in [-0.2, -0.15) is 0 Å². The van der Waals surface area contributed by atoms with Crippen LogP contribution in [0.5, 0.6) is 5.75 Å². The first kappa shape index (κ1) is 18.1. The summed E-state index contributed by atoms with van der Waals surface area (Å²) in [5, 5.41) is 2.99. The number of hydrogen-bond acceptors (Lipinski definition) is 2. The molecule has 0 heterocycles. The van der Waals surface area contributed by atoms with E-state index in [0.29, 0.717) is 13.0 Å². The van der Waals surface area contributed by atoms with Crippen LogP contribution in [-0.2, 0) is 11.2 Å². The van der Waals surface area contributed by atoms with E-state index < -0.39 is 6.10 Å². The molecule has 1 N–H and O–H groups in total. The summed E-state index contributed by atoms with van der Waals surface area (Å²) in [5.74, 6) is 0.708. The first-order valence-electron chi connectivity index (χ1n) is 8.65. The van der Waals surface area contributed by atoms with E-state index in [1.807, 2.05) is 38.1 Å². The van der Waals surface area contributed by atoms with Crippen molar-refractivity contribution in [3.8, 4) is 5.75 Å². The van der Waals surface area contributed by atoms with E-state index >= 15 is 0 Å². The molecule has 1 amide bonds. The zero-order chi connectivity index (χ0) is 17.4. The highest BCUT2D eigenvalue weighted by Gasteiger charge is 2.17. The minimum absolute atomic E-state index is 0.0387. The van der Waals surface area contributed by atoms with E-state index in [-0.39, 0.29) is 5.91 Å². The Morgan fingerprint density at radius 2 is 1.79 bits per heavy atom. The molecule has 0 radical (unpaired) electrons. The number of amides is 1. The molecule has 3 heteroatoms. The van der Waals surface area contributed by atoms with Gasteiger partial charge in [0.1, 0.15) is 5.75 Å². The molecule has 0 aliphatic rings. The van der Waals surface area contributed by atoms with E-state index in [4.69, 9.17) is 4.74 Å². The molecule has 2 rings (SSSR count). The number of ether oxygens (including phenoxy) is 1. The molecule has 2 aromatic rings. The molecular formula is C21H27NO2. The Morgan fingerprint density at radius 3 is 2.46 bits per heavy atom. The van der Waals surface area contributed by atoms with Crippen LogP contribution in [0.1, 0.15) is 36.5 Å². The van der Waals surface area contributed by atoms with E-state index in [0.717, 1.165) is 24.2 Å². The molecule has 24 heavy (non-hydrogen) atoms. The van der Waals surface area contributed by atoms with Crippen LogP contribution >= 0.6 is 0 Å². The second-order valence-electron chi connectivity index (χ2n) is 6.21. The Hall–Kier alpha value is -2.29. The number of hydrogen-bond donors (Lipinski definition) is 1. The molecule has 2 aromatic carbocycles. The van der Waals surface area contributed by atoms with Gasteiger partial charge in [0, 0.05) is 6.54 Å². The third kappa shape index (κ3) is 5.73. The molecule has 0 aromatic heterocycles. The quantitative estimate of drug-likeness (QED) is 0.738. The average molecular weight is 325 g/mol. The van der Waals surface area contributed by atoms with Gasteiger partial charge < -0.3 is 10.1 Å². The molecule has 0 saturated heterocycles. The minimum Gasteiger partial charge on any atom is -0.481 e. The van der Waals surface area contributed by atoms with Gasteiger partial charge in [-0.05, 0) is 56.4 Å². The maximum Gasteiger partial charge on any atom is 0.261 e. The molecule has 0 fully saturated rings. The van der Waals surface area contributed by atoms with Crippen LogP contribution in [0.4, 0.5) is 0 Å². The van der Waals surface area contributed by atoms with Gasteiger partial charge in [-0.3, -0.25) is 4.79 Å². The summed E-state index contributed by atoms with van der Waals surface area (Å²) in [5.41, 5.74) is 3.71. The van der Waals surface area contributed by atoms with Gasteiger partial charge in [-0.15, -0.1) is 0 Å². The Morgan fingerprint density at radius 1 is 1.08 bits per heavy atom. The van der Waals surface area contributed by atoms with Gasteiger partial charge in [0.15, 0.2) is 6.10 Å². The predicted molar refractivity (Wildman–Crippen MR) is 98.4 cm³/mol. The molecule has 128 valence electrons. The number of benzene rings is 2. The Kier molecular flexibility index (Phi) is 6.86. The lowest BCUT2D eigenvalue weighted by atomic mass is 10.1. The summed E-state index contributed by atoms with van der Waals surface area (Å²) in [7, 11) is 0.